The molecule has 0 aliphatic carbocycles. The number of aromatic amines is 1. The summed E-state index contributed by atoms with van der Waals surface area (Å²) in [4.78, 5) is 30.7. The highest BCUT2D eigenvalue weighted by Crippen LogP contribution is 2.30. The summed E-state index contributed by atoms with van der Waals surface area (Å²) in [5, 5.41) is 0.965. The predicted octanol–water partition coefficient (Wildman–Crippen LogP) is 4.23. The summed E-state index contributed by atoms with van der Waals surface area (Å²) in [5.74, 6) is 0.0678. The van der Waals surface area contributed by atoms with Crippen LogP contribution in [0.5, 0.6) is 5.75 Å². The fourth-order valence-electron chi connectivity index (χ4n) is 3.71. The van der Waals surface area contributed by atoms with Gasteiger partial charge in [0.15, 0.2) is 17.3 Å². The molecule has 5 nitrogen and oxygen atoms in total. The Morgan fingerprint density at radius 2 is 1.74 bits per heavy atom. The topological polar surface area (TPSA) is 62.4 Å². The Morgan fingerprint density at radius 3 is 2.44 bits per heavy atom. The number of carbonyl (C=O) groups is 2. The van der Waals surface area contributed by atoms with E-state index in [0.29, 0.717) is 16.9 Å². The molecule has 3 aromatic rings. The normalized spacial score (nSPS) is 13.9. The Morgan fingerprint density at radius 1 is 1.00 bits per heavy atom. The van der Waals surface area contributed by atoms with Crippen LogP contribution in [0.15, 0.2) is 48.7 Å². The number of fused-ring (bicyclic) bond motifs is 1. The summed E-state index contributed by atoms with van der Waals surface area (Å²) in [7, 11) is 1.53. The third-order valence-electron chi connectivity index (χ3n) is 5.17. The monoisotopic (exact) mass is 362 g/mol. The van der Waals surface area contributed by atoms with Crippen LogP contribution in [-0.2, 0) is 0 Å². The van der Waals surface area contributed by atoms with Crippen LogP contribution >= 0.6 is 0 Å². The molecule has 2 aromatic carbocycles. The number of rotatable bonds is 6. The molecule has 0 saturated carbocycles. The standard InChI is InChI=1S/C22H22N2O3/c1-27-22-18(9-6-16-10-11-23-21(16)22)20(26)14-19(25)15-4-7-17(8-5-15)24-12-2-3-13-24/h4-11,23H,2-3,12-14H2,1H3. The Balaban J connectivity index is 1.51. The van der Waals surface area contributed by atoms with Crippen LogP contribution in [0.1, 0.15) is 40.0 Å². The number of ketones is 2. The molecule has 0 spiro atoms. The summed E-state index contributed by atoms with van der Waals surface area (Å²) in [6.45, 7) is 2.12. The molecular weight excluding hydrogens is 340 g/mol. The van der Waals surface area contributed by atoms with E-state index < -0.39 is 0 Å². The van der Waals surface area contributed by atoms with E-state index in [0.717, 1.165) is 29.7 Å². The SMILES string of the molecule is COc1c(C(=O)CC(=O)c2ccc(N3CCCC3)cc2)ccc2cc[nH]c12. The second-order valence-electron chi connectivity index (χ2n) is 6.85. The Bertz CT molecular complexity index is 982. The van der Waals surface area contributed by atoms with E-state index >= 15 is 0 Å². The van der Waals surface area contributed by atoms with Gasteiger partial charge in [-0.3, -0.25) is 9.59 Å². The molecule has 1 aromatic heterocycles. The summed E-state index contributed by atoms with van der Waals surface area (Å²) in [5.41, 5.74) is 2.89. The molecular formula is C22H22N2O3. The molecule has 2 heterocycles. The molecule has 0 radical (unpaired) electrons. The summed E-state index contributed by atoms with van der Waals surface area (Å²) in [6.07, 6.45) is 4.05. The zero-order valence-electron chi connectivity index (χ0n) is 15.3. The van der Waals surface area contributed by atoms with Gasteiger partial charge < -0.3 is 14.6 Å². The van der Waals surface area contributed by atoms with E-state index in [-0.39, 0.29) is 18.0 Å². The maximum Gasteiger partial charge on any atom is 0.174 e. The number of nitrogens with one attached hydrogen (secondary N) is 1. The van der Waals surface area contributed by atoms with Crippen molar-refractivity contribution in [1.82, 2.24) is 4.98 Å². The van der Waals surface area contributed by atoms with Crippen molar-refractivity contribution in [3.8, 4) is 5.75 Å². The molecule has 1 saturated heterocycles. The average molecular weight is 362 g/mol. The first kappa shape index (κ1) is 17.3. The molecule has 0 unspecified atom stereocenters. The lowest BCUT2D eigenvalue weighted by molar-refractivity contribution is 0.0893. The van der Waals surface area contributed by atoms with Gasteiger partial charge >= 0.3 is 0 Å². The van der Waals surface area contributed by atoms with E-state index in [1.54, 1.807) is 12.3 Å². The molecule has 4 rings (SSSR count). The van der Waals surface area contributed by atoms with E-state index in [4.69, 9.17) is 4.74 Å². The lowest BCUT2D eigenvalue weighted by Gasteiger charge is -2.17. The van der Waals surface area contributed by atoms with Gasteiger partial charge in [0.25, 0.3) is 0 Å². The van der Waals surface area contributed by atoms with Crippen molar-refractivity contribution in [3.05, 3.63) is 59.8 Å². The zero-order chi connectivity index (χ0) is 18.8. The molecule has 1 fully saturated rings. The lowest BCUT2D eigenvalue weighted by atomic mass is 9.99. The van der Waals surface area contributed by atoms with Gasteiger partial charge in [-0.1, -0.05) is 6.07 Å². The molecule has 1 aliphatic heterocycles. The zero-order valence-corrected chi connectivity index (χ0v) is 15.3. The lowest BCUT2D eigenvalue weighted by Crippen LogP contribution is -2.17. The van der Waals surface area contributed by atoms with Crippen LogP contribution in [-0.4, -0.2) is 36.7 Å². The first-order chi connectivity index (χ1) is 13.2. The van der Waals surface area contributed by atoms with Crippen LogP contribution in [0.2, 0.25) is 0 Å². The van der Waals surface area contributed by atoms with Gasteiger partial charge in [0.2, 0.25) is 0 Å². The summed E-state index contributed by atoms with van der Waals surface area (Å²) >= 11 is 0. The summed E-state index contributed by atoms with van der Waals surface area (Å²) < 4.78 is 5.43. The first-order valence-corrected chi connectivity index (χ1v) is 9.23. The van der Waals surface area contributed by atoms with E-state index in [1.165, 1.54) is 20.0 Å². The van der Waals surface area contributed by atoms with Crippen molar-refractivity contribution in [2.45, 2.75) is 19.3 Å². The maximum absolute atomic E-state index is 12.7. The van der Waals surface area contributed by atoms with E-state index in [1.807, 2.05) is 36.4 Å². The molecule has 27 heavy (non-hydrogen) atoms. The third kappa shape index (κ3) is 3.33. The number of aromatic nitrogens is 1. The highest BCUT2D eigenvalue weighted by Gasteiger charge is 2.20. The number of carbonyl (C=O) groups excluding carboxylic acids is 2. The van der Waals surface area contributed by atoms with Crippen LogP contribution in [0.25, 0.3) is 10.9 Å². The fourth-order valence-corrected chi connectivity index (χ4v) is 3.71. The quantitative estimate of drug-likeness (QED) is 0.526. The molecule has 1 aliphatic rings. The van der Waals surface area contributed by atoms with Crippen molar-refractivity contribution < 1.29 is 14.3 Å². The second-order valence-corrected chi connectivity index (χ2v) is 6.85. The molecule has 0 amide bonds. The van der Waals surface area contributed by atoms with Crippen molar-refractivity contribution in [3.63, 3.8) is 0 Å². The number of hydrogen-bond donors (Lipinski definition) is 1. The molecule has 138 valence electrons. The minimum absolute atomic E-state index is 0.175. The third-order valence-corrected chi connectivity index (χ3v) is 5.17. The van der Waals surface area contributed by atoms with E-state index in [2.05, 4.69) is 9.88 Å². The summed E-state index contributed by atoms with van der Waals surface area (Å²) in [6, 6.07) is 13.1. The molecule has 5 heteroatoms. The highest BCUT2D eigenvalue weighted by molar-refractivity contribution is 6.15. The number of nitrogens with zero attached hydrogens (tertiary/aromatic N) is 1. The van der Waals surface area contributed by atoms with Crippen LogP contribution in [0, 0.1) is 0 Å². The number of H-pyrrole nitrogens is 1. The van der Waals surface area contributed by atoms with Crippen molar-refractivity contribution in [2.24, 2.45) is 0 Å². The largest absolute Gasteiger partial charge is 0.494 e. The number of anilines is 1. The Labute approximate surface area is 157 Å². The fraction of sp³-hybridized carbons (Fsp3) is 0.273. The number of ether oxygens (including phenoxy) is 1. The van der Waals surface area contributed by atoms with Crippen LogP contribution in [0.3, 0.4) is 0 Å². The van der Waals surface area contributed by atoms with Gasteiger partial charge in [0.1, 0.15) is 0 Å². The number of benzene rings is 2. The van der Waals surface area contributed by atoms with Gasteiger partial charge in [0, 0.05) is 35.9 Å². The average Bonchev–Trinajstić information content (AvgIpc) is 3.38. The highest BCUT2D eigenvalue weighted by atomic mass is 16.5. The Hall–Kier alpha value is -3.08. The van der Waals surface area contributed by atoms with Crippen LogP contribution in [0.4, 0.5) is 5.69 Å². The predicted molar refractivity (Wildman–Crippen MR) is 106 cm³/mol. The number of hydrogen-bond acceptors (Lipinski definition) is 4. The van der Waals surface area contributed by atoms with Gasteiger partial charge in [0.05, 0.1) is 24.6 Å². The van der Waals surface area contributed by atoms with Gasteiger partial charge in [-0.15, -0.1) is 0 Å². The first-order valence-electron chi connectivity index (χ1n) is 9.23. The maximum atomic E-state index is 12.7. The second kappa shape index (κ2) is 7.27. The van der Waals surface area contributed by atoms with E-state index in [9.17, 15) is 9.59 Å². The van der Waals surface area contributed by atoms with Gasteiger partial charge in [-0.2, -0.15) is 0 Å². The molecule has 0 atom stereocenters. The number of methoxy groups -OCH3 is 1. The van der Waals surface area contributed by atoms with Crippen molar-refractivity contribution >= 4 is 28.2 Å². The van der Waals surface area contributed by atoms with Crippen molar-refractivity contribution in [1.29, 1.82) is 0 Å². The number of Topliss-reactive ketones (excluding diaryl/α,β-unsaturated/α-hetero) is 2. The molecule has 0 bridgehead atoms. The van der Waals surface area contributed by atoms with Crippen molar-refractivity contribution in [2.75, 3.05) is 25.1 Å². The minimum atomic E-state index is -0.239. The Kier molecular flexibility index (Phi) is 4.67. The van der Waals surface area contributed by atoms with Gasteiger partial charge in [-0.05, 0) is 49.2 Å². The van der Waals surface area contributed by atoms with Crippen LogP contribution < -0.4 is 9.64 Å². The minimum Gasteiger partial charge on any atom is -0.494 e. The molecule has 1 N–H and O–H groups in total. The van der Waals surface area contributed by atoms with Gasteiger partial charge in [-0.25, -0.2) is 0 Å². The smallest absolute Gasteiger partial charge is 0.174 e.